The van der Waals surface area contributed by atoms with Gasteiger partial charge in [-0.1, -0.05) is 35.9 Å². The minimum absolute atomic E-state index is 0.0591. The SMILES string of the molecule is Cc1cc(=O)c(C(=O)N(Cc2ccc(F)cc2)C2CC2)nn1-c1ccccc1Cl. The topological polar surface area (TPSA) is 55.2 Å². The van der Waals surface area contributed by atoms with Gasteiger partial charge in [-0.3, -0.25) is 9.59 Å². The van der Waals surface area contributed by atoms with Crippen LogP contribution in [0.2, 0.25) is 5.02 Å². The third-order valence-corrected chi connectivity index (χ3v) is 5.22. The molecule has 1 aromatic heterocycles. The minimum Gasteiger partial charge on any atom is -0.330 e. The summed E-state index contributed by atoms with van der Waals surface area (Å²) in [7, 11) is 0. The lowest BCUT2D eigenvalue weighted by molar-refractivity contribution is 0.0720. The number of aryl methyl sites for hydroxylation is 1. The van der Waals surface area contributed by atoms with Gasteiger partial charge >= 0.3 is 0 Å². The van der Waals surface area contributed by atoms with E-state index in [1.54, 1.807) is 42.2 Å². The molecule has 1 amide bonds. The molecule has 0 atom stereocenters. The lowest BCUT2D eigenvalue weighted by Gasteiger charge is -2.22. The predicted octanol–water partition coefficient (Wildman–Crippen LogP) is 4.14. The van der Waals surface area contributed by atoms with Gasteiger partial charge in [-0.25, -0.2) is 9.07 Å². The maximum atomic E-state index is 13.2. The van der Waals surface area contributed by atoms with E-state index in [0.717, 1.165) is 18.4 Å². The third-order valence-electron chi connectivity index (χ3n) is 4.91. The molecule has 1 heterocycles. The Labute approximate surface area is 172 Å². The van der Waals surface area contributed by atoms with Crippen LogP contribution in [0.15, 0.2) is 59.4 Å². The Morgan fingerprint density at radius 3 is 2.55 bits per heavy atom. The molecule has 0 bridgehead atoms. The summed E-state index contributed by atoms with van der Waals surface area (Å²) >= 11 is 6.28. The molecule has 148 valence electrons. The normalized spacial score (nSPS) is 13.3. The van der Waals surface area contributed by atoms with E-state index in [4.69, 9.17) is 11.6 Å². The lowest BCUT2D eigenvalue weighted by atomic mass is 10.2. The molecule has 3 aromatic rings. The number of benzene rings is 2. The number of nitrogens with zero attached hydrogens (tertiary/aromatic N) is 3. The van der Waals surface area contributed by atoms with Crippen LogP contribution in [0, 0.1) is 12.7 Å². The highest BCUT2D eigenvalue weighted by atomic mass is 35.5. The highest BCUT2D eigenvalue weighted by Gasteiger charge is 2.35. The fraction of sp³-hybridized carbons (Fsp3) is 0.227. The first kappa shape index (κ1) is 19.3. The van der Waals surface area contributed by atoms with Crippen LogP contribution in [-0.2, 0) is 6.54 Å². The molecule has 1 fully saturated rings. The molecule has 0 aliphatic heterocycles. The van der Waals surface area contributed by atoms with E-state index in [1.807, 2.05) is 6.07 Å². The Bertz CT molecular complexity index is 1120. The first-order valence-corrected chi connectivity index (χ1v) is 9.73. The molecule has 1 aliphatic rings. The number of hydrogen-bond donors (Lipinski definition) is 0. The van der Waals surface area contributed by atoms with Gasteiger partial charge in [0.2, 0.25) is 5.43 Å². The van der Waals surface area contributed by atoms with Crippen LogP contribution in [0.5, 0.6) is 0 Å². The molecule has 7 heteroatoms. The lowest BCUT2D eigenvalue weighted by Crippen LogP contribution is -2.37. The molecular weight excluding hydrogens is 393 g/mol. The van der Waals surface area contributed by atoms with Gasteiger partial charge in [0.15, 0.2) is 5.69 Å². The van der Waals surface area contributed by atoms with Crippen LogP contribution in [0.3, 0.4) is 0 Å². The maximum Gasteiger partial charge on any atom is 0.278 e. The first-order chi connectivity index (χ1) is 13.9. The minimum atomic E-state index is -0.430. The van der Waals surface area contributed by atoms with Gasteiger partial charge in [0.05, 0.1) is 10.7 Å². The van der Waals surface area contributed by atoms with Crippen molar-refractivity contribution < 1.29 is 9.18 Å². The first-order valence-electron chi connectivity index (χ1n) is 9.35. The van der Waals surface area contributed by atoms with Crippen molar-refractivity contribution in [2.45, 2.75) is 32.4 Å². The van der Waals surface area contributed by atoms with Gasteiger partial charge in [-0.2, -0.15) is 5.10 Å². The molecule has 2 aromatic carbocycles. The van der Waals surface area contributed by atoms with Crippen molar-refractivity contribution in [1.82, 2.24) is 14.7 Å². The summed E-state index contributed by atoms with van der Waals surface area (Å²) in [6, 6.07) is 14.6. The molecule has 0 radical (unpaired) electrons. The number of para-hydroxylation sites is 1. The van der Waals surface area contributed by atoms with Crippen molar-refractivity contribution in [3.8, 4) is 5.69 Å². The zero-order chi connectivity index (χ0) is 20.5. The fourth-order valence-corrected chi connectivity index (χ4v) is 3.45. The Morgan fingerprint density at radius 2 is 1.90 bits per heavy atom. The van der Waals surface area contributed by atoms with Crippen LogP contribution in [0.25, 0.3) is 5.69 Å². The number of amides is 1. The number of aromatic nitrogens is 2. The predicted molar refractivity (Wildman–Crippen MR) is 109 cm³/mol. The van der Waals surface area contributed by atoms with Crippen molar-refractivity contribution in [1.29, 1.82) is 0 Å². The molecule has 4 rings (SSSR count). The van der Waals surface area contributed by atoms with Gasteiger partial charge in [0.1, 0.15) is 5.82 Å². The number of rotatable bonds is 5. The maximum absolute atomic E-state index is 13.2. The van der Waals surface area contributed by atoms with Crippen LogP contribution < -0.4 is 5.43 Å². The van der Waals surface area contributed by atoms with E-state index in [-0.39, 0.29) is 17.6 Å². The smallest absolute Gasteiger partial charge is 0.278 e. The molecular formula is C22H19ClFN3O2. The van der Waals surface area contributed by atoms with Crippen LogP contribution in [0.1, 0.15) is 34.6 Å². The summed E-state index contributed by atoms with van der Waals surface area (Å²) in [5, 5.41) is 4.83. The van der Waals surface area contributed by atoms with Crippen molar-refractivity contribution in [2.24, 2.45) is 0 Å². The second kappa shape index (κ2) is 7.79. The van der Waals surface area contributed by atoms with E-state index in [1.165, 1.54) is 22.9 Å². The highest BCUT2D eigenvalue weighted by molar-refractivity contribution is 6.32. The van der Waals surface area contributed by atoms with Crippen molar-refractivity contribution in [3.05, 3.63) is 92.6 Å². The van der Waals surface area contributed by atoms with Gasteiger partial charge in [0.25, 0.3) is 5.91 Å². The standard InChI is InChI=1S/C22H19ClFN3O2/c1-14-12-20(28)21(25-27(14)19-5-3-2-4-18(19)23)22(29)26(17-10-11-17)13-15-6-8-16(24)9-7-15/h2-9,12,17H,10-11,13H2,1H3. The summed E-state index contributed by atoms with van der Waals surface area (Å²) in [5.41, 5.74) is 1.39. The quantitative estimate of drug-likeness (QED) is 0.634. The second-order valence-corrected chi connectivity index (χ2v) is 7.56. The Hall–Kier alpha value is -2.99. The monoisotopic (exact) mass is 411 g/mol. The average molecular weight is 412 g/mol. The fourth-order valence-electron chi connectivity index (χ4n) is 3.24. The van der Waals surface area contributed by atoms with Crippen LogP contribution in [-0.4, -0.2) is 26.6 Å². The van der Waals surface area contributed by atoms with Gasteiger partial charge < -0.3 is 4.90 Å². The summed E-state index contributed by atoms with van der Waals surface area (Å²) in [4.78, 5) is 27.5. The molecule has 0 unspecified atom stereocenters. The number of carbonyl (C=O) groups excluding carboxylic acids is 1. The molecule has 5 nitrogen and oxygen atoms in total. The number of hydrogen-bond acceptors (Lipinski definition) is 3. The zero-order valence-electron chi connectivity index (χ0n) is 15.8. The van der Waals surface area contributed by atoms with Crippen LogP contribution >= 0.6 is 11.6 Å². The molecule has 0 spiro atoms. The average Bonchev–Trinajstić information content (AvgIpc) is 3.53. The number of halogens is 2. The van der Waals surface area contributed by atoms with Gasteiger partial charge in [-0.05, 0) is 49.6 Å². The Kier molecular flexibility index (Phi) is 5.20. The Morgan fingerprint density at radius 1 is 1.21 bits per heavy atom. The van der Waals surface area contributed by atoms with E-state index < -0.39 is 11.3 Å². The van der Waals surface area contributed by atoms with Crippen molar-refractivity contribution in [3.63, 3.8) is 0 Å². The van der Waals surface area contributed by atoms with Crippen molar-refractivity contribution in [2.75, 3.05) is 0 Å². The van der Waals surface area contributed by atoms with Crippen molar-refractivity contribution >= 4 is 17.5 Å². The highest BCUT2D eigenvalue weighted by Crippen LogP contribution is 2.29. The Balaban J connectivity index is 1.71. The largest absolute Gasteiger partial charge is 0.330 e. The number of carbonyl (C=O) groups is 1. The zero-order valence-corrected chi connectivity index (χ0v) is 16.6. The van der Waals surface area contributed by atoms with E-state index in [2.05, 4.69) is 5.10 Å². The molecule has 1 saturated carbocycles. The second-order valence-electron chi connectivity index (χ2n) is 7.15. The van der Waals surface area contributed by atoms with E-state index in [9.17, 15) is 14.0 Å². The summed E-state index contributed by atoms with van der Waals surface area (Å²) in [6.45, 7) is 2.04. The summed E-state index contributed by atoms with van der Waals surface area (Å²) in [6.07, 6.45) is 1.75. The van der Waals surface area contributed by atoms with Crippen LogP contribution in [0.4, 0.5) is 4.39 Å². The third kappa shape index (κ3) is 4.07. The molecule has 0 saturated heterocycles. The molecule has 1 aliphatic carbocycles. The molecule has 29 heavy (non-hydrogen) atoms. The van der Waals surface area contributed by atoms with Gasteiger partial charge in [0, 0.05) is 24.3 Å². The van der Waals surface area contributed by atoms with E-state index in [0.29, 0.717) is 22.9 Å². The summed E-state index contributed by atoms with van der Waals surface area (Å²) < 4.78 is 14.7. The molecule has 0 N–H and O–H groups in total. The van der Waals surface area contributed by atoms with E-state index >= 15 is 0 Å². The summed E-state index contributed by atoms with van der Waals surface area (Å²) in [5.74, 6) is -0.761. The van der Waals surface area contributed by atoms with Gasteiger partial charge in [-0.15, -0.1) is 0 Å².